The van der Waals surface area contributed by atoms with E-state index < -0.39 is 29.2 Å². The molecule has 0 radical (unpaired) electrons. The van der Waals surface area contributed by atoms with Crippen LogP contribution in [0.4, 0.5) is 33.7 Å². The first-order chi connectivity index (χ1) is 17.5. The Kier molecular flexibility index (Phi) is 6.03. The van der Waals surface area contributed by atoms with Crippen LogP contribution in [-0.2, 0) is 10.9 Å². The van der Waals surface area contributed by atoms with Crippen molar-refractivity contribution in [3.05, 3.63) is 83.1 Å². The smallest absolute Gasteiger partial charge is 0.420 e. The SMILES string of the molecule is CC1(Oc2ccc(NC(=O)Nc3ccc(C4=CCC(=O)c5ccoc54)cc3F)cc2C(F)(F)F)COC1. The number of carbonyl (C=O) groups excluding carboxylic acids is 2. The molecule has 11 heteroatoms. The minimum Gasteiger partial charge on any atom is -0.482 e. The fourth-order valence-electron chi connectivity index (χ4n) is 4.08. The van der Waals surface area contributed by atoms with E-state index in [2.05, 4.69) is 10.6 Å². The fourth-order valence-corrected chi connectivity index (χ4v) is 4.08. The van der Waals surface area contributed by atoms with E-state index in [0.29, 0.717) is 22.5 Å². The van der Waals surface area contributed by atoms with E-state index in [1.165, 1.54) is 30.5 Å². The molecule has 0 atom stereocenters. The van der Waals surface area contributed by atoms with Gasteiger partial charge in [-0.1, -0.05) is 12.1 Å². The number of Topliss-reactive ketones (excluding diaryl/α,β-unsaturated/α-hetero) is 1. The highest BCUT2D eigenvalue weighted by molar-refractivity contribution is 6.06. The molecule has 2 N–H and O–H groups in total. The zero-order valence-electron chi connectivity index (χ0n) is 19.4. The van der Waals surface area contributed by atoms with E-state index >= 15 is 0 Å². The summed E-state index contributed by atoms with van der Waals surface area (Å²) in [5.74, 6) is -0.943. The monoisotopic (exact) mass is 516 g/mol. The number of furan rings is 1. The maximum atomic E-state index is 14.8. The van der Waals surface area contributed by atoms with Crippen molar-refractivity contribution < 1.29 is 41.0 Å². The minimum atomic E-state index is -4.74. The molecule has 1 fully saturated rings. The van der Waals surface area contributed by atoms with Crippen molar-refractivity contribution in [2.45, 2.75) is 25.1 Å². The minimum absolute atomic E-state index is 0.109. The standard InChI is InChI=1S/C26H20F4N2O5/c1-25(12-35-13-25)37-22-7-3-15(11-18(22)26(28,29)30)31-24(34)32-20-5-2-14(10-19(20)27)16-4-6-21(33)17-8-9-36-23(16)17/h2-5,7-11H,6,12-13H2,1H3,(H2,31,32,34). The average Bonchev–Trinajstić information content (AvgIpc) is 3.31. The van der Waals surface area contributed by atoms with Gasteiger partial charge >= 0.3 is 12.2 Å². The third-order valence-electron chi connectivity index (χ3n) is 5.94. The van der Waals surface area contributed by atoms with Crippen LogP contribution < -0.4 is 15.4 Å². The summed E-state index contributed by atoms with van der Waals surface area (Å²) in [6, 6.07) is 7.73. The summed E-state index contributed by atoms with van der Waals surface area (Å²) >= 11 is 0. The lowest BCUT2D eigenvalue weighted by molar-refractivity contribution is -0.160. The van der Waals surface area contributed by atoms with Gasteiger partial charge in [0.05, 0.1) is 36.3 Å². The first kappa shape index (κ1) is 24.6. The van der Waals surface area contributed by atoms with Gasteiger partial charge < -0.3 is 24.5 Å². The number of rotatable bonds is 5. The molecule has 1 aliphatic heterocycles. The number of amides is 2. The van der Waals surface area contributed by atoms with E-state index in [0.717, 1.165) is 12.1 Å². The quantitative estimate of drug-likeness (QED) is 0.391. The highest BCUT2D eigenvalue weighted by Crippen LogP contribution is 2.40. The van der Waals surface area contributed by atoms with Gasteiger partial charge in [-0.15, -0.1) is 0 Å². The molecule has 3 aromatic rings. The van der Waals surface area contributed by atoms with Crippen molar-refractivity contribution in [1.82, 2.24) is 0 Å². The number of benzene rings is 2. The summed E-state index contributed by atoms with van der Waals surface area (Å²) in [6.45, 7) is 1.96. The van der Waals surface area contributed by atoms with Crippen LogP contribution in [0, 0.1) is 5.82 Å². The molecule has 5 rings (SSSR count). The van der Waals surface area contributed by atoms with Crippen molar-refractivity contribution in [2.75, 3.05) is 23.8 Å². The van der Waals surface area contributed by atoms with Crippen LogP contribution in [0.15, 0.2) is 59.2 Å². The van der Waals surface area contributed by atoms with Crippen molar-refractivity contribution in [2.24, 2.45) is 0 Å². The number of ketones is 1. The van der Waals surface area contributed by atoms with Crippen molar-refractivity contribution in [3.63, 3.8) is 0 Å². The maximum absolute atomic E-state index is 14.8. The number of urea groups is 1. The highest BCUT2D eigenvalue weighted by Gasteiger charge is 2.40. The lowest BCUT2D eigenvalue weighted by Gasteiger charge is -2.38. The molecule has 2 aromatic carbocycles. The maximum Gasteiger partial charge on any atom is 0.420 e. The normalized spacial score (nSPS) is 16.4. The molecule has 1 saturated heterocycles. The third-order valence-corrected chi connectivity index (χ3v) is 5.94. The molecule has 2 heterocycles. The summed E-state index contributed by atoms with van der Waals surface area (Å²) in [5, 5.41) is 4.57. The molecule has 192 valence electrons. The molecule has 0 spiro atoms. The van der Waals surface area contributed by atoms with Crippen molar-refractivity contribution >= 4 is 28.8 Å². The second kappa shape index (κ2) is 9.07. The number of allylic oxidation sites excluding steroid dienone is 1. The first-order valence-corrected chi connectivity index (χ1v) is 11.2. The Balaban J connectivity index is 1.30. The summed E-state index contributed by atoms with van der Waals surface area (Å²) in [6.07, 6.45) is -1.59. The zero-order chi connectivity index (χ0) is 26.4. The predicted molar refractivity (Wildman–Crippen MR) is 125 cm³/mol. The topological polar surface area (TPSA) is 89.8 Å². The van der Waals surface area contributed by atoms with Gasteiger partial charge in [0.2, 0.25) is 0 Å². The number of fused-ring (bicyclic) bond motifs is 1. The zero-order valence-corrected chi connectivity index (χ0v) is 19.4. The van der Waals surface area contributed by atoms with Crippen LogP contribution in [0.2, 0.25) is 0 Å². The Morgan fingerprint density at radius 1 is 1.08 bits per heavy atom. The lowest BCUT2D eigenvalue weighted by Crippen LogP contribution is -2.51. The average molecular weight is 516 g/mol. The summed E-state index contributed by atoms with van der Waals surface area (Å²) in [7, 11) is 0. The number of halogens is 4. The Hall–Kier alpha value is -4.12. The molecule has 0 unspecified atom stereocenters. The van der Waals surface area contributed by atoms with Gasteiger partial charge in [-0.25, -0.2) is 9.18 Å². The van der Waals surface area contributed by atoms with E-state index in [-0.39, 0.29) is 42.5 Å². The van der Waals surface area contributed by atoms with Crippen LogP contribution >= 0.6 is 0 Å². The van der Waals surface area contributed by atoms with Gasteiger partial charge in [0, 0.05) is 17.7 Å². The van der Waals surface area contributed by atoms with Crippen LogP contribution in [0.25, 0.3) is 5.57 Å². The van der Waals surface area contributed by atoms with E-state index in [4.69, 9.17) is 13.9 Å². The van der Waals surface area contributed by atoms with Gasteiger partial charge in [-0.2, -0.15) is 13.2 Å². The second-order valence-corrected chi connectivity index (χ2v) is 8.94. The third kappa shape index (κ3) is 4.94. The van der Waals surface area contributed by atoms with Gasteiger partial charge in [0.15, 0.2) is 11.4 Å². The van der Waals surface area contributed by atoms with Gasteiger partial charge in [-0.3, -0.25) is 4.79 Å². The van der Waals surface area contributed by atoms with Crippen molar-refractivity contribution in [1.29, 1.82) is 0 Å². The summed E-state index contributed by atoms with van der Waals surface area (Å²) in [5.41, 5.74) is -0.900. The second-order valence-electron chi connectivity index (χ2n) is 8.94. The van der Waals surface area contributed by atoms with Gasteiger partial charge in [-0.05, 0) is 48.9 Å². The number of alkyl halides is 3. The largest absolute Gasteiger partial charge is 0.482 e. The lowest BCUT2D eigenvalue weighted by atomic mass is 9.92. The molecule has 0 saturated carbocycles. The Bertz CT molecular complexity index is 1420. The van der Waals surface area contributed by atoms with Crippen LogP contribution in [0.5, 0.6) is 5.75 Å². The van der Waals surface area contributed by atoms with E-state index in [1.807, 2.05) is 0 Å². The summed E-state index contributed by atoms with van der Waals surface area (Å²) in [4.78, 5) is 24.4. The molecular formula is C26H20F4N2O5. The van der Waals surface area contributed by atoms with Crippen LogP contribution in [0.3, 0.4) is 0 Å². The van der Waals surface area contributed by atoms with E-state index in [9.17, 15) is 27.2 Å². The fraction of sp³-hybridized carbons (Fsp3) is 0.231. The van der Waals surface area contributed by atoms with Crippen molar-refractivity contribution in [3.8, 4) is 5.75 Å². The molecule has 0 bridgehead atoms. The molecule has 1 aromatic heterocycles. The number of hydrogen-bond donors (Lipinski definition) is 2. The summed E-state index contributed by atoms with van der Waals surface area (Å²) < 4.78 is 71.6. The molecular weight excluding hydrogens is 496 g/mol. The van der Waals surface area contributed by atoms with E-state index in [1.54, 1.807) is 19.1 Å². The van der Waals surface area contributed by atoms with Crippen LogP contribution in [0.1, 0.15) is 40.6 Å². The molecule has 2 aliphatic rings. The molecule has 37 heavy (non-hydrogen) atoms. The Morgan fingerprint density at radius 3 is 2.54 bits per heavy atom. The molecule has 1 aliphatic carbocycles. The molecule has 7 nitrogen and oxygen atoms in total. The number of ether oxygens (including phenoxy) is 2. The first-order valence-electron chi connectivity index (χ1n) is 11.2. The van der Waals surface area contributed by atoms with Gasteiger partial charge in [0.1, 0.15) is 17.3 Å². The number of carbonyl (C=O) groups is 2. The van der Waals surface area contributed by atoms with Crippen LogP contribution in [-0.4, -0.2) is 30.6 Å². The number of nitrogens with one attached hydrogen (secondary N) is 2. The highest BCUT2D eigenvalue weighted by atomic mass is 19.4. The number of anilines is 2. The predicted octanol–water partition coefficient (Wildman–Crippen LogP) is 6.27. The number of hydrogen-bond acceptors (Lipinski definition) is 5. The Labute approximate surface area is 208 Å². The Morgan fingerprint density at radius 2 is 1.86 bits per heavy atom. The van der Waals surface area contributed by atoms with Gasteiger partial charge in [0.25, 0.3) is 0 Å². The molecule has 2 amide bonds.